The Kier molecular flexibility index (Phi) is 5.38. The van der Waals surface area contributed by atoms with Crippen molar-refractivity contribution in [2.45, 2.75) is 51.2 Å². The molecule has 1 amide bonds. The van der Waals surface area contributed by atoms with E-state index in [9.17, 15) is 9.90 Å². The maximum Gasteiger partial charge on any atom is 0.274 e. The fourth-order valence-corrected chi connectivity index (χ4v) is 3.98. The number of aliphatic imine (C=N–C) groups is 1. The lowest BCUT2D eigenvalue weighted by Crippen LogP contribution is -2.31. The lowest BCUT2D eigenvalue weighted by atomic mass is 9.92. The molecule has 1 aromatic carbocycles. The number of hydrogen-bond acceptors (Lipinski definition) is 6. The number of carbonyl (C=O) groups is 1. The van der Waals surface area contributed by atoms with Gasteiger partial charge in [-0.1, -0.05) is 12.1 Å². The van der Waals surface area contributed by atoms with E-state index in [1.165, 1.54) is 0 Å². The number of aliphatic hydroxyl groups is 1. The predicted molar refractivity (Wildman–Crippen MR) is 127 cm³/mol. The third kappa shape index (κ3) is 4.61. The largest absolute Gasteiger partial charge is 0.384 e. The molecule has 1 saturated carbocycles. The molecular weight excluding hydrogens is 416 g/mol. The molecule has 0 saturated heterocycles. The highest BCUT2D eigenvalue weighted by Crippen LogP contribution is 2.37. The van der Waals surface area contributed by atoms with Gasteiger partial charge in [0.1, 0.15) is 12.0 Å². The minimum Gasteiger partial charge on any atom is -0.384 e. The summed E-state index contributed by atoms with van der Waals surface area (Å²) in [5.41, 5.74) is 3.66. The molecule has 2 aromatic heterocycles. The van der Waals surface area contributed by atoms with Gasteiger partial charge in [-0.3, -0.25) is 14.8 Å². The van der Waals surface area contributed by atoms with Gasteiger partial charge >= 0.3 is 0 Å². The van der Waals surface area contributed by atoms with E-state index < -0.39 is 5.60 Å². The lowest BCUT2D eigenvalue weighted by molar-refractivity contribution is 0.102. The Balaban J connectivity index is 1.34. The monoisotopic (exact) mass is 442 g/mol. The van der Waals surface area contributed by atoms with Crippen molar-refractivity contribution < 1.29 is 9.90 Å². The highest BCUT2D eigenvalue weighted by molar-refractivity contribution is 6.03. The topological polar surface area (TPSA) is 105 Å². The first-order valence-corrected chi connectivity index (χ1v) is 11.1. The fraction of sp³-hybridized carbons (Fsp3) is 0.320. The maximum absolute atomic E-state index is 12.9. The van der Waals surface area contributed by atoms with Crippen LogP contribution >= 0.6 is 0 Å². The lowest BCUT2D eigenvalue weighted by Gasteiger charge is -2.23. The highest BCUT2D eigenvalue weighted by atomic mass is 16.3. The highest BCUT2D eigenvalue weighted by Gasteiger charge is 2.27. The van der Waals surface area contributed by atoms with Gasteiger partial charge in [0, 0.05) is 35.4 Å². The molecule has 1 fully saturated rings. The van der Waals surface area contributed by atoms with Crippen molar-refractivity contribution in [3.63, 3.8) is 0 Å². The number of hydrogen-bond donors (Lipinski definition) is 2. The van der Waals surface area contributed by atoms with Crippen LogP contribution in [-0.2, 0) is 0 Å². The van der Waals surface area contributed by atoms with E-state index in [1.54, 1.807) is 38.6 Å². The van der Waals surface area contributed by atoms with Crippen molar-refractivity contribution in [3.8, 4) is 11.4 Å². The summed E-state index contributed by atoms with van der Waals surface area (Å²) in [6, 6.07) is 11.7. The first-order chi connectivity index (χ1) is 15.9. The summed E-state index contributed by atoms with van der Waals surface area (Å²) in [6.07, 6.45) is 8.88. The maximum atomic E-state index is 12.9. The van der Waals surface area contributed by atoms with Crippen LogP contribution < -0.4 is 5.32 Å². The van der Waals surface area contributed by atoms with Crippen LogP contribution in [0.2, 0.25) is 0 Å². The molecule has 2 N–H and O–H groups in total. The standard InChI is InChI=1S/C25H26N6O2/c1-25(2,33)22-9-6-18(14-27-22)16-10-11-26-21(13-16)24(32)29-19-5-3-4-17(12-19)23-30-28-15-31(23)20-7-8-20/h3-5,10-15,20,33H,6-9H2,1-2H3,(H,29,32). The average Bonchev–Trinajstić information content (AvgIpc) is 3.55. The molecule has 8 heteroatoms. The van der Waals surface area contributed by atoms with E-state index in [4.69, 9.17) is 0 Å². The molecule has 1 aliphatic carbocycles. The van der Waals surface area contributed by atoms with Gasteiger partial charge in [-0.05, 0) is 74.9 Å². The number of allylic oxidation sites excluding steroid dienone is 1. The van der Waals surface area contributed by atoms with E-state index in [1.807, 2.05) is 30.3 Å². The molecule has 0 unspecified atom stereocenters. The molecule has 0 radical (unpaired) electrons. The molecule has 0 atom stereocenters. The quantitative estimate of drug-likeness (QED) is 0.593. The van der Waals surface area contributed by atoms with E-state index in [2.05, 4.69) is 30.1 Å². The average molecular weight is 443 g/mol. The van der Waals surface area contributed by atoms with Crippen molar-refractivity contribution in [2.75, 3.05) is 5.32 Å². The van der Waals surface area contributed by atoms with E-state index in [0.29, 0.717) is 23.8 Å². The van der Waals surface area contributed by atoms with Crippen LogP contribution in [0.3, 0.4) is 0 Å². The molecule has 168 valence electrons. The Morgan fingerprint density at radius 3 is 2.73 bits per heavy atom. The van der Waals surface area contributed by atoms with Crippen molar-refractivity contribution in [3.05, 3.63) is 66.4 Å². The van der Waals surface area contributed by atoms with Crippen molar-refractivity contribution in [2.24, 2.45) is 4.99 Å². The van der Waals surface area contributed by atoms with Gasteiger partial charge in [0.05, 0.1) is 5.60 Å². The van der Waals surface area contributed by atoms with Crippen molar-refractivity contribution >= 4 is 22.9 Å². The smallest absolute Gasteiger partial charge is 0.274 e. The first kappa shape index (κ1) is 21.2. The van der Waals surface area contributed by atoms with Gasteiger partial charge in [-0.15, -0.1) is 10.2 Å². The van der Waals surface area contributed by atoms with Crippen LogP contribution in [0.15, 0.2) is 60.1 Å². The van der Waals surface area contributed by atoms with Gasteiger partial charge in [-0.2, -0.15) is 0 Å². The normalized spacial score (nSPS) is 16.2. The molecule has 3 aromatic rings. The number of nitrogens with one attached hydrogen (secondary N) is 1. The van der Waals surface area contributed by atoms with Crippen LogP contribution in [0.5, 0.6) is 0 Å². The fourth-order valence-electron chi connectivity index (χ4n) is 3.98. The van der Waals surface area contributed by atoms with Crippen LogP contribution in [-0.4, -0.2) is 42.1 Å². The molecule has 0 bridgehead atoms. The summed E-state index contributed by atoms with van der Waals surface area (Å²) in [6.45, 7) is 3.48. The zero-order chi connectivity index (χ0) is 23.0. The number of carbonyl (C=O) groups excluding carboxylic acids is 1. The zero-order valence-electron chi connectivity index (χ0n) is 18.7. The number of pyridine rings is 1. The third-order valence-corrected chi connectivity index (χ3v) is 5.97. The van der Waals surface area contributed by atoms with Crippen LogP contribution in [0, 0.1) is 0 Å². The van der Waals surface area contributed by atoms with Crippen molar-refractivity contribution in [1.82, 2.24) is 19.7 Å². The van der Waals surface area contributed by atoms with Gasteiger partial charge in [-0.25, -0.2) is 0 Å². The molecule has 0 spiro atoms. The Morgan fingerprint density at radius 1 is 1.15 bits per heavy atom. The second-order valence-electron chi connectivity index (χ2n) is 9.05. The number of anilines is 1. The Labute approximate surface area is 192 Å². The number of nitrogens with zero attached hydrogens (tertiary/aromatic N) is 5. The molecule has 33 heavy (non-hydrogen) atoms. The van der Waals surface area contributed by atoms with E-state index >= 15 is 0 Å². The number of benzene rings is 1. The van der Waals surface area contributed by atoms with E-state index in [-0.39, 0.29) is 5.91 Å². The number of aromatic nitrogens is 4. The molecule has 1 aliphatic heterocycles. The first-order valence-electron chi connectivity index (χ1n) is 11.1. The molecule has 5 rings (SSSR count). The van der Waals surface area contributed by atoms with Gasteiger partial charge < -0.3 is 15.0 Å². The van der Waals surface area contributed by atoms with Crippen LogP contribution in [0.4, 0.5) is 5.69 Å². The van der Waals surface area contributed by atoms with E-state index in [0.717, 1.165) is 47.5 Å². The molecule has 2 aliphatic rings. The van der Waals surface area contributed by atoms with Gasteiger partial charge in [0.25, 0.3) is 5.91 Å². The Bertz CT molecular complexity index is 1260. The predicted octanol–water partition coefficient (Wildman–Crippen LogP) is 4.27. The summed E-state index contributed by atoms with van der Waals surface area (Å²) < 4.78 is 2.09. The van der Waals surface area contributed by atoms with Crippen LogP contribution in [0.25, 0.3) is 17.0 Å². The second-order valence-corrected chi connectivity index (χ2v) is 9.05. The third-order valence-electron chi connectivity index (χ3n) is 5.97. The number of rotatable bonds is 6. The summed E-state index contributed by atoms with van der Waals surface area (Å²) in [7, 11) is 0. The molecule has 8 nitrogen and oxygen atoms in total. The second kappa shape index (κ2) is 8.37. The number of amides is 1. The van der Waals surface area contributed by atoms with Crippen LogP contribution in [0.1, 0.15) is 61.6 Å². The summed E-state index contributed by atoms with van der Waals surface area (Å²) in [5.74, 6) is 0.527. The SMILES string of the molecule is CC(C)(O)C1=NC=C(c2ccnc(C(=O)Nc3cccc(-c4nncn4C4CC4)c3)c2)CC1. The van der Waals surface area contributed by atoms with Crippen molar-refractivity contribution in [1.29, 1.82) is 0 Å². The van der Waals surface area contributed by atoms with Gasteiger partial charge in [0.2, 0.25) is 0 Å². The summed E-state index contributed by atoms with van der Waals surface area (Å²) in [5, 5.41) is 21.4. The molecule has 3 heterocycles. The Hall–Kier alpha value is -3.65. The summed E-state index contributed by atoms with van der Waals surface area (Å²) >= 11 is 0. The minimum absolute atomic E-state index is 0.283. The minimum atomic E-state index is -0.925. The molecular formula is C25H26N6O2. The zero-order valence-corrected chi connectivity index (χ0v) is 18.7. The summed E-state index contributed by atoms with van der Waals surface area (Å²) in [4.78, 5) is 21.6. The van der Waals surface area contributed by atoms with Gasteiger partial charge in [0.15, 0.2) is 5.82 Å². The Morgan fingerprint density at radius 2 is 2.00 bits per heavy atom.